The normalized spacial score (nSPS) is 16.3. The molecule has 0 aliphatic carbocycles. The van der Waals surface area contributed by atoms with Gasteiger partial charge >= 0.3 is 0 Å². The Kier molecular flexibility index (Phi) is 11.4. The van der Waals surface area contributed by atoms with Crippen molar-refractivity contribution in [3.8, 4) is 34.2 Å². The summed E-state index contributed by atoms with van der Waals surface area (Å²) in [6, 6.07) is 27.9. The van der Waals surface area contributed by atoms with Crippen molar-refractivity contribution in [1.82, 2.24) is 14.4 Å². The second-order valence-corrected chi connectivity index (χ2v) is 14.0. The van der Waals surface area contributed by atoms with Crippen LogP contribution in [-0.4, -0.2) is 88.7 Å². The molecule has 0 spiro atoms. The second kappa shape index (κ2) is 16.6. The number of aliphatic hydroxyl groups excluding tert-OH is 1. The molecule has 0 bridgehead atoms. The maximum atomic E-state index is 15.4. The molecule has 55 heavy (non-hydrogen) atoms. The number of ether oxygens (including phenoxy) is 3. The zero-order valence-corrected chi connectivity index (χ0v) is 31.5. The number of halogens is 1. The number of para-hydroxylation sites is 1. The van der Waals surface area contributed by atoms with E-state index in [2.05, 4.69) is 28.4 Å². The van der Waals surface area contributed by atoms with Crippen LogP contribution in [0.15, 0.2) is 91.0 Å². The predicted octanol–water partition coefficient (Wildman–Crippen LogP) is 6.39. The Hall–Kier alpha value is -5.33. The molecule has 3 aliphatic rings. The molecule has 1 atom stereocenters. The molecule has 1 aromatic heterocycles. The van der Waals surface area contributed by atoms with Crippen molar-refractivity contribution in [2.24, 2.45) is 0 Å². The Morgan fingerprint density at radius 3 is 2.36 bits per heavy atom. The van der Waals surface area contributed by atoms with E-state index in [0.29, 0.717) is 70.6 Å². The van der Waals surface area contributed by atoms with Gasteiger partial charge in [0, 0.05) is 67.0 Å². The van der Waals surface area contributed by atoms with Crippen LogP contribution in [0.5, 0.6) is 17.2 Å². The number of fused-ring (bicyclic) bond motifs is 2. The number of rotatable bonds is 10. The lowest BCUT2D eigenvalue weighted by Crippen LogP contribution is -2.47. The molecular formula is C43H45ClN4O7. The molecule has 0 unspecified atom stereocenters. The number of aromatic hydroxyl groups is 1. The van der Waals surface area contributed by atoms with Crippen molar-refractivity contribution in [1.29, 1.82) is 0 Å². The van der Waals surface area contributed by atoms with Crippen LogP contribution in [0.1, 0.15) is 49.5 Å². The number of anilines is 1. The summed E-state index contributed by atoms with van der Waals surface area (Å²) in [7, 11) is 0. The molecule has 3 aliphatic heterocycles. The smallest absolute Gasteiger partial charge is 0.257 e. The van der Waals surface area contributed by atoms with Crippen LogP contribution in [0.2, 0.25) is 0 Å². The van der Waals surface area contributed by atoms with E-state index >= 15 is 4.79 Å². The molecule has 286 valence electrons. The van der Waals surface area contributed by atoms with Gasteiger partial charge < -0.3 is 39.2 Å². The van der Waals surface area contributed by atoms with Gasteiger partial charge in [-0.1, -0.05) is 42.5 Å². The highest BCUT2D eigenvalue weighted by Crippen LogP contribution is 2.46. The van der Waals surface area contributed by atoms with E-state index in [1.54, 1.807) is 18.2 Å². The van der Waals surface area contributed by atoms with E-state index < -0.39 is 0 Å². The molecule has 4 aromatic carbocycles. The van der Waals surface area contributed by atoms with Crippen LogP contribution < -0.4 is 14.8 Å². The van der Waals surface area contributed by atoms with Crippen molar-refractivity contribution in [3.05, 3.63) is 125 Å². The number of amides is 2. The van der Waals surface area contributed by atoms with Crippen LogP contribution in [0.4, 0.5) is 5.69 Å². The first-order chi connectivity index (χ1) is 26.4. The molecule has 0 saturated carbocycles. The SMILES string of the molecule is Cc1c(C(=O)Nc2ccc(O)cc2)cc(-c2c(C(=O)N3Cc4ccccc4C[C@H]3CCN3CCOCC3)cc3c(c2CCO)OCO3)n1-c1ccccc1.Cl. The third-order valence-corrected chi connectivity index (χ3v) is 10.7. The number of aliphatic hydroxyl groups is 1. The zero-order chi connectivity index (χ0) is 37.2. The highest BCUT2D eigenvalue weighted by Gasteiger charge is 2.36. The highest BCUT2D eigenvalue weighted by molar-refractivity contribution is 6.08. The molecule has 3 N–H and O–H groups in total. The predicted molar refractivity (Wildman–Crippen MR) is 212 cm³/mol. The summed E-state index contributed by atoms with van der Waals surface area (Å²) in [6.07, 6.45) is 1.72. The minimum Gasteiger partial charge on any atom is -0.508 e. The zero-order valence-electron chi connectivity index (χ0n) is 30.7. The van der Waals surface area contributed by atoms with Gasteiger partial charge in [0.05, 0.1) is 30.0 Å². The van der Waals surface area contributed by atoms with Crippen molar-refractivity contribution < 1.29 is 34.0 Å². The monoisotopic (exact) mass is 764 g/mol. The number of aromatic nitrogens is 1. The standard InChI is InChI=1S/C43H44N4O7.ClH/c1-28-36(42(50)44-31-11-13-34(49)14-12-31)24-38(47(28)32-9-3-2-4-10-32)40-35(16-20-48)41-39(53-27-54-41)25-37(40)43(51)46-26-30-8-6-5-7-29(30)23-33(46)15-17-45-18-21-52-22-19-45;/h2-14,24-25,33,48-49H,15-23,26-27H2,1H3,(H,44,50);1H/t33-;/m1./s1. The number of morpholine rings is 1. The number of hydrogen-bond acceptors (Lipinski definition) is 8. The number of benzene rings is 4. The third-order valence-electron chi connectivity index (χ3n) is 10.7. The quantitative estimate of drug-likeness (QED) is 0.140. The fraction of sp³-hybridized carbons (Fsp3) is 0.302. The average molecular weight is 765 g/mol. The topological polar surface area (TPSA) is 126 Å². The maximum absolute atomic E-state index is 15.4. The first-order valence-corrected chi connectivity index (χ1v) is 18.5. The summed E-state index contributed by atoms with van der Waals surface area (Å²) in [5.74, 6) is 0.531. The lowest BCUT2D eigenvalue weighted by molar-refractivity contribution is 0.0308. The first kappa shape index (κ1) is 38.0. The summed E-state index contributed by atoms with van der Waals surface area (Å²) in [5.41, 5.74) is 7.01. The van der Waals surface area contributed by atoms with Gasteiger partial charge in [-0.05, 0) is 85.8 Å². The minimum absolute atomic E-state index is 0. The third kappa shape index (κ3) is 7.66. The van der Waals surface area contributed by atoms with Gasteiger partial charge in [-0.3, -0.25) is 14.5 Å². The second-order valence-electron chi connectivity index (χ2n) is 14.0. The first-order valence-electron chi connectivity index (χ1n) is 18.5. The van der Waals surface area contributed by atoms with E-state index in [1.807, 2.05) is 58.9 Å². The molecule has 8 rings (SSSR count). The summed E-state index contributed by atoms with van der Waals surface area (Å²) in [5, 5.41) is 23.2. The van der Waals surface area contributed by atoms with Gasteiger partial charge in [0.1, 0.15) is 5.75 Å². The molecule has 2 amide bonds. The number of phenolic OH excluding ortho intramolecular Hbond substituents is 1. The summed E-state index contributed by atoms with van der Waals surface area (Å²) >= 11 is 0. The van der Waals surface area contributed by atoms with Gasteiger partial charge in [-0.2, -0.15) is 0 Å². The van der Waals surface area contributed by atoms with Crippen molar-refractivity contribution in [2.75, 3.05) is 51.6 Å². The lowest BCUT2D eigenvalue weighted by atomic mass is 9.89. The van der Waals surface area contributed by atoms with Crippen molar-refractivity contribution >= 4 is 29.9 Å². The van der Waals surface area contributed by atoms with Gasteiger partial charge in [0.25, 0.3) is 11.8 Å². The number of carbonyl (C=O) groups is 2. The molecule has 1 fully saturated rings. The van der Waals surface area contributed by atoms with Gasteiger partial charge in [-0.15, -0.1) is 12.4 Å². The highest BCUT2D eigenvalue weighted by atomic mass is 35.5. The van der Waals surface area contributed by atoms with E-state index in [4.69, 9.17) is 14.2 Å². The van der Waals surface area contributed by atoms with E-state index in [0.717, 1.165) is 43.7 Å². The molecule has 0 radical (unpaired) electrons. The van der Waals surface area contributed by atoms with Crippen LogP contribution in [0, 0.1) is 6.92 Å². The molecule has 4 heterocycles. The largest absolute Gasteiger partial charge is 0.508 e. The fourth-order valence-corrected chi connectivity index (χ4v) is 7.99. The van der Waals surface area contributed by atoms with Crippen LogP contribution in [0.3, 0.4) is 0 Å². The minimum atomic E-state index is -0.345. The summed E-state index contributed by atoms with van der Waals surface area (Å²) in [6.45, 7) is 6.12. The Labute approximate surface area is 326 Å². The Bertz CT molecular complexity index is 2170. The van der Waals surface area contributed by atoms with E-state index in [9.17, 15) is 15.0 Å². The summed E-state index contributed by atoms with van der Waals surface area (Å²) < 4.78 is 19.6. The molecule has 12 heteroatoms. The van der Waals surface area contributed by atoms with Gasteiger partial charge in [-0.25, -0.2) is 0 Å². The van der Waals surface area contributed by atoms with Gasteiger partial charge in [0.15, 0.2) is 11.5 Å². The number of carbonyl (C=O) groups excluding carboxylic acids is 2. The van der Waals surface area contributed by atoms with Gasteiger partial charge in [0.2, 0.25) is 6.79 Å². The van der Waals surface area contributed by atoms with Crippen molar-refractivity contribution in [2.45, 2.75) is 38.8 Å². The average Bonchev–Trinajstić information content (AvgIpc) is 3.82. The Morgan fingerprint density at radius 2 is 1.62 bits per heavy atom. The lowest BCUT2D eigenvalue weighted by Gasteiger charge is -2.39. The van der Waals surface area contributed by atoms with Crippen LogP contribution in [-0.2, 0) is 24.1 Å². The molecule has 5 aromatic rings. The van der Waals surface area contributed by atoms with Crippen LogP contribution in [0.25, 0.3) is 16.9 Å². The number of phenols is 1. The number of nitrogens with zero attached hydrogens (tertiary/aromatic N) is 3. The Balaban J connectivity index is 0.00000465. The van der Waals surface area contributed by atoms with Crippen molar-refractivity contribution in [3.63, 3.8) is 0 Å². The molecular weight excluding hydrogens is 720 g/mol. The molecule has 1 saturated heterocycles. The Morgan fingerprint density at radius 1 is 0.891 bits per heavy atom. The van der Waals surface area contributed by atoms with E-state index in [1.165, 1.54) is 17.7 Å². The number of hydrogen-bond donors (Lipinski definition) is 3. The summed E-state index contributed by atoms with van der Waals surface area (Å²) in [4.78, 5) is 33.8. The molecule has 11 nitrogen and oxygen atoms in total. The van der Waals surface area contributed by atoms with Crippen LogP contribution >= 0.6 is 12.4 Å². The van der Waals surface area contributed by atoms with E-state index in [-0.39, 0.29) is 55.8 Å². The fourth-order valence-electron chi connectivity index (χ4n) is 7.99. The maximum Gasteiger partial charge on any atom is 0.257 e. The number of nitrogens with one attached hydrogen (secondary N) is 1.